The Morgan fingerprint density at radius 3 is 2.14 bits per heavy atom. The van der Waals surface area contributed by atoms with Crippen LogP contribution in [0, 0.1) is 6.92 Å². The summed E-state index contributed by atoms with van der Waals surface area (Å²) in [6.45, 7) is -1.85. The van der Waals surface area contributed by atoms with E-state index in [0.717, 1.165) is 12.3 Å². The summed E-state index contributed by atoms with van der Waals surface area (Å²) in [7, 11) is -0.329. The third-order valence-electron chi connectivity index (χ3n) is 4.31. The van der Waals surface area contributed by atoms with Gasteiger partial charge in [-0.1, -0.05) is 46.4 Å². The second-order valence-electron chi connectivity index (χ2n) is 7.50. The summed E-state index contributed by atoms with van der Waals surface area (Å²) in [5.41, 5.74) is -0.649. The van der Waals surface area contributed by atoms with Gasteiger partial charge in [0.15, 0.2) is 0 Å². The van der Waals surface area contributed by atoms with Gasteiger partial charge in [-0.05, 0) is 37.3 Å². The van der Waals surface area contributed by atoms with Gasteiger partial charge < -0.3 is 10.2 Å². The van der Waals surface area contributed by atoms with Crippen molar-refractivity contribution in [3.05, 3.63) is 66.7 Å². The highest BCUT2D eigenvalue weighted by molar-refractivity contribution is 7.92. The molecular weight excluding hydrogens is 600 g/mol. The summed E-state index contributed by atoms with van der Waals surface area (Å²) in [5, 5.41) is 7.17. The number of anilines is 2. The number of urea groups is 1. The zero-order valence-electron chi connectivity index (χ0n) is 19.6. The van der Waals surface area contributed by atoms with Crippen molar-refractivity contribution < 1.29 is 22.0 Å². The minimum atomic E-state index is -3.65. The molecule has 37 heavy (non-hydrogen) atoms. The van der Waals surface area contributed by atoms with Crippen molar-refractivity contribution in [3.8, 4) is 5.69 Å². The molecular formula is C20H20Cl4F2N6O4S. The smallest absolute Gasteiger partial charge is 0.331 e. The number of amides is 2. The molecule has 0 fully saturated rings. The topological polar surface area (TPSA) is 118 Å². The second-order valence-corrected chi connectivity index (χ2v) is 10.9. The van der Waals surface area contributed by atoms with Crippen LogP contribution < -0.4 is 15.7 Å². The van der Waals surface area contributed by atoms with E-state index in [1.54, 1.807) is 32.3 Å². The van der Waals surface area contributed by atoms with Gasteiger partial charge in [0.1, 0.15) is 5.82 Å². The maximum absolute atomic E-state index is 12.8. The average molecular weight is 620 g/mol. The molecule has 3 rings (SSSR count). The Hall–Kier alpha value is -2.58. The molecule has 3 aromatic rings. The molecule has 0 saturated heterocycles. The third kappa shape index (κ3) is 8.20. The molecule has 2 N–H and O–H groups in total. The zero-order valence-corrected chi connectivity index (χ0v) is 23.4. The molecule has 0 aliphatic rings. The van der Waals surface area contributed by atoms with E-state index in [9.17, 15) is 26.8 Å². The van der Waals surface area contributed by atoms with E-state index in [2.05, 4.69) is 15.1 Å². The Morgan fingerprint density at radius 2 is 1.65 bits per heavy atom. The molecule has 1 heterocycles. The standard InChI is InChI=1S/C11H10Cl2F2N4O3S.C9H10Cl2N2O/c1-5-16-19(11(20)18(5)10(14)15)9-4-8(17-23(2,21)22)6(12)3-7(9)13;1-13(2)9(14)12-6-3-4-7(10)8(11)5-6/h3-4,10,17H,1-2H3;3-5H,1-2H3,(H,12,14). The van der Waals surface area contributed by atoms with Gasteiger partial charge in [0.2, 0.25) is 10.0 Å². The Kier molecular flexibility index (Phi) is 10.2. The fraction of sp³-hybridized carbons (Fsp3) is 0.250. The molecule has 0 spiro atoms. The number of hydrogen-bond donors (Lipinski definition) is 2. The molecule has 2 aromatic carbocycles. The number of aryl methyl sites for hydroxylation is 1. The Labute approximate surface area is 230 Å². The SMILES string of the molecule is CN(C)C(=O)Nc1ccc(Cl)c(Cl)c1.Cc1nn(-c2cc(NS(C)(=O)=O)c(Cl)cc2Cl)c(=O)n1C(F)F. The molecule has 0 bridgehead atoms. The number of carbonyl (C=O) groups is 1. The maximum atomic E-state index is 12.8. The van der Waals surface area contributed by atoms with Gasteiger partial charge in [-0.25, -0.2) is 22.6 Å². The monoisotopic (exact) mass is 618 g/mol. The van der Waals surface area contributed by atoms with Crippen LogP contribution in [0.2, 0.25) is 20.1 Å². The number of rotatable bonds is 5. The first kappa shape index (κ1) is 30.6. The first-order valence-corrected chi connectivity index (χ1v) is 13.3. The van der Waals surface area contributed by atoms with E-state index in [1.807, 2.05) is 0 Å². The van der Waals surface area contributed by atoms with Crippen molar-refractivity contribution in [2.24, 2.45) is 0 Å². The molecule has 0 atom stereocenters. The van der Waals surface area contributed by atoms with Crippen LogP contribution >= 0.6 is 46.4 Å². The van der Waals surface area contributed by atoms with Crippen LogP contribution in [-0.4, -0.2) is 54.0 Å². The zero-order chi connectivity index (χ0) is 28.2. The number of halogens is 6. The van der Waals surface area contributed by atoms with Crippen LogP contribution in [0.3, 0.4) is 0 Å². The second kappa shape index (κ2) is 12.3. The van der Waals surface area contributed by atoms with E-state index in [1.165, 1.54) is 17.9 Å². The molecule has 0 radical (unpaired) electrons. The van der Waals surface area contributed by atoms with Gasteiger partial charge in [0.25, 0.3) is 0 Å². The number of sulfonamides is 1. The Balaban J connectivity index is 0.000000294. The van der Waals surface area contributed by atoms with Crippen molar-refractivity contribution >= 4 is 73.8 Å². The summed E-state index contributed by atoms with van der Waals surface area (Å²) in [6, 6.07) is 7.03. The third-order valence-corrected chi connectivity index (χ3v) is 6.26. The quantitative estimate of drug-likeness (QED) is 0.391. The van der Waals surface area contributed by atoms with Gasteiger partial charge in [-0.15, -0.1) is 5.10 Å². The highest BCUT2D eigenvalue weighted by atomic mass is 35.5. The number of alkyl halides is 2. The minimum absolute atomic E-state index is 0.0257. The van der Waals surface area contributed by atoms with Crippen molar-refractivity contribution in [2.45, 2.75) is 13.5 Å². The Bertz CT molecular complexity index is 1480. The van der Waals surface area contributed by atoms with Crippen LogP contribution in [-0.2, 0) is 10.0 Å². The molecule has 0 aliphatic heterocycles. The molecule has 1 aromatic heterocycles. The number of nitrogens with zero attached hydrogens (tertiary/aromatic N) is 4. The van der Waals surface area contributed by atoms with Crippen LogP contribution in [0.1, 0.15) is 12.4 Å². The highest BCUT2D eigenvalue weighted by Gasteiger charge is 2.21. The number of benzene rings is 2. The Morgan fingerprint density at radius 1 is 1.03 bits per heavy atom. The van der Waals surface area contributed by atoms with Crippen LogP contribution in [0.4, 0.5) is 25.0 Å². The molecule has 0 saturated carbocycles. The molecule has 0 aliphatic carbocycles. The number of nitrogens with one attached hydrogen (secondary N) is 2. The first-order valence-electron chi connectivity index (χ1n) is 9.88. The number of aromatic nitrogens is 3. The lowest BCUT2D eigenvalue weighted by atomic mass is 10.3. The first-order chi connectivity index (χ1) is 17.0. The van der Waals surface area contributed by atoms with Crippen LogP contribution in [0.5, 0.6) is 0 Å². The lowest BCUT2D eigenvalue weighted by molar-refractivity contribution is 0.0640. The van der Waals surface area contributed by atoms with Gasteiger partial charge in [-0.3, -0.25) is 4.72 Å². The summed E-state index contributed by atoms with van der Waals surface area (Å²) in [6.07, 6.45) is 0.902. The number of carbonyl (C=O) groups excluding carboxylic acids is 1. The van der Waals surface area contributed by atoms with Gasteiger partial charge in [0.05, 0.1) is 37.7 Å². The average Bonchev–Trinajstić information content (AvgIpc) is 3.06. The minimum Gasteiger partial charge on any atom is -0.331 e. The van der Waals surface area contributed by atoms with Crippen molar-refractivity contribution in [2.75, 3.05) is 30.4 Å². The van der Waals surface area contributed by atoms with E-state index in [-0.39, 0.29) is 37.8 Å². The van der Waals surface area contributed by atoms with Crippen LogP contribution in [0.25, 0.3) is 5.69 Å². The summed E-state index contributed by atoms with van der Waals surface area (Å²) in [5.74, 6) is -0.228. The fourth-order valence-electron chi connectivity index (χ4n) is 2.64. The van der Waals surface area contributed by atoms with Crippen molar-refractivity contribution in [1.82, 2.24) is 19.2 Å². The van der Waals surface area contributed by atoms with Gasteiger partial charge >= 0.3 is 18.3 Å². The van der Waals surface area contributed by atoms with Crippen molar-refractivity contribution in [1.29, 1.82) is 0 Å². The summed E-state index contributed by atoms with van der Waals surface area (Å²) in [4.78, 5) is 24.7. The van der Waals surface area contributed by atoms with E-state index in [4.69, 9.17) is 46.4 Å². The van der Waals surface area contributed by atoms with Gasteiger partial charge in [0, 0.05) is 19.8 Å². The fourth-order valence-corrected chi connectivity index (χ4v) is 4.08. The molecule has 10 nitrogen and oxygen atoms in total. The molecule has 0 unspecified atom stereocenters. The van der Waals surface area contributed by atoms with E-state index >= 15 is 0 Å². The predicted molar refractivity (Wildman–Crippen MR) is 141 cm³/mol. The summed E-state index contributed by atoms with van der Waals surface area (Å²) < 4.78 is 51.3. The normalized spacial score (nSPS) is 11.1. The largest absolute Gasteiger partial charge is 0.355 e. The maximum Gasteiger partial charge on any atom is 0.355 e. The molecule has 202 valence electrons. The van der Waals surface area contributed by atoms with E-state index < -0.39 is 22.3 Å². The van der Waals surface area contributed by atoms with Crippen LogP contribution in [0.15, 0.2) is 35.1 Å². The van der Waals surface area contributed by atoms with E-state index in [0.29, 0.717) is 20.4 Å². The van der Waals surface area contributed by atoms with Gasteiger partial charge in [-0.2, -0.15) is 13.5 Å². The summed E-state index contributed by atoms with van der Waals surface area (Å²) >= 11 is 23.3. The predicted octanol–water partition coefficient (Wildman–Crippen LogP) is 5.50. The lowest BCUT2D eigenvalue weighted by Gasteiger charge is -2.12. The number of hydrogen-bond acceptors (Lipinski definition) is 5. The lowest BCUT2D eigenvalue weighted by Crippen LogP contribution is -2.27. The molecule has 17 heteroatoms. The molecule has 2 amide bonds. The highest BCUT2D eigenvalue weighted by Crippen LogP contribution is 2.31. The van der Waals surface area contributed by atoms with Crippen molar-refractivity contribution in [3.63, 3.8) is 0 Å².